The Labute approximate surface area is 196 Å². The van der Waals surface area contributed by atoms with Crippen molar-refractivity contribution in [2.45, 2.75) is 57.9 Å². The fourth-order valence-electron chi connectivity index (χ4n) is 4.04. The third-order valence-corrected chi connectivity index (χ3v) is 5.79. The Kier molecular flexibility index (Phi) is 10.5. The summed E-state index contributed by atoms with van der Waals surface area (Å²) >= 11 is 0. The van der Waals surface area contributed by atoms with Gasteiger partial charge in [-0.15, -0.1) is 12.4 Å². The average Bonchev–Trinajstić information content (AvgIpc) is 2.80. The van der Waals surface area contributed by atoms with E-state index in [1.54, 1.807) is 24.1 Å². The topological polar surface area (TPSA) is 84.7 Å². The molecule has 1 aliphatic carbocycles. The van der Waals surface area contributed by atoms with Gasteiger partial charge in [0.2, 0.25) is 0 Å². The highest BCUT2D eigenvalue weighted by atomic mass is 35.5. The minimum Gasteiger partial charge on any atom is -0.466 e. The molecule has 3 rings (SSSR count). The number of ether oxygens (including phenoxy) is 1. The van der Waals surface area contributed by atoms with Gasteiger partial charge in [-0.25, -0.2) is 5.84 Å². The van der Waals surface area contributed by atoms with E-state index < -0.39 is 0 Å². The van der Waals surface area contributed by atoms with Crippen molar-refractivity contribution >= 4 is 30.0 Å². The average molecular weight is 460 g/mol. The Morgan fingerprint density at radius 2 is 1.69 bits per heavy atom. The summed E-state index contributed by atoms with van der Waals surface area (Å²) < 4.78 is 4.85. The number of amides is 1. The van der Waals surface area contributed by atoms with Crippen LogP contribution in [0, 0.1) is 0 Å². The molecule has 1 saturated carbocycles. The van der Waals surface area contributed by atoms with E-state index >= 15 is 0 Å². The highest BCUT2D eigenvalue weighted by molar-refractivity contribution is 5.94. The van der Waals surface area contributed by atoms with Crippen molar-refractivity contribution in [1.82, 2.24) is 5.32 Å². The van der Waals surface area contributed by atoms with Crippen LogP contribution >= 0.6 is 12.4 Å². The Hall–Kier alpha value is -2.57. The van der Waals surface area contributed by atoms with E-state index in [1.165, 1.54) is 37.7 Å². The number of anilines is 1. The van der Waals surface area contributed by atoms with Gasteiger partial charge in [0.05, 0.1) is 25.3 Å². The minimum absolute atomic E-state index is 0. The fraction of sp³-hybridized carbons (Fsp3) is 0.440. The molecule has 6 nitrogen and oxygen atoms in total. The van der Waals surface area contributed by atoms with Gasteiger partial charge < -0.3 is 15.1 Å². The number of nitrogens with two attached hydrogens (primary N) is 1. The Morgan fingerprint density at radius 1 is 1.03 bits per heavy atom. The molecule has 1 amide bonds. The lowest BCUT2D eigenvalue weighted by molar-refractivity contribution is -0.142. The van der Waals surface area contributed by atoms with Crippen LogP contribution in [-0.2, 0) is 16.1 Å². The lowest BCUT2D eigenvalue weighted by Gasteiger charge is -2.23. The fourth-order valence-corrected chi connectivity index (χ4v) is 4.04. The van der Waals surface area contributed by atoms with Gasteiger partial charge in [0.25, 0.3) is 5.91 Å². The number of hydrogen-bond donors (Lipinski definition) is 2. The summed E-state index contributed by atoms with van der Waals surface area (Å²) in [5.41, 5.74) is 3.95. The number of benzene rings is 2. The quantitative estimate of drug-likeness (QED) is 0.322. The highest BCUT2D eigenvalue weighted by Gasteiger charge is 2.15. The van der Waals surface area contributed by atoms with Crippen LogP contribution in [0.3, 0.4) is 0 Å². The van der Waals surface area contributed by atoms with E-state index in [2.05, 4.69) is 29.6 Å². The van der Waals surface area contributed by atoms with E-state index in [4.69, 9.17) is 10.6 Å². The van der Waals surface area contributed by atoms with Crippen molar-refractivity contribution in [2.75, 3.05) is 18.2 Å². The number of rotatable bonds is 9. The van der Waals surface area contributed by atoms with Gasteiger partial charge in [-0.3, -0.25) is 9.59 Å². The molecule has 0 bridgehead atoms. The predicted molar refractivity (Wildman–Crippen MR) is 130 cm³/mol. The third-order valence-electron chi connectivity index (χ3n) is 5.79. The summed E-state index contributed by atoms with van der Waals surface area (Å²) in [6.07, 6.45) is 6.76. The number of carbonyl (C=O) groups is 2. The molecule has 2 aromatic rings. The van der Waals surface area contributed by atoms with Crippen LogP contribution in [-0.4, -0.2) is 25.0 Å². The summed E-state index contributed by atoms with van der Waals surface area (Å²) in [5.74, 6) is 6.45. The van der Waals surface area contributed by atoms with E-state index in [-0.39, 0.29) is 37.2 Å². The molecule has 0 radical (unpaired) electrons. The molecule has 0 aromatic heterocycles. The summed E-state index contributed by atoms with van der Waals surface area (Å²) in [6.45, 7) is 2.91. The molecule has 0 atom stereocenters. The van der Waals surface area contributed by atoms with Gasteiger partial charge in [-0.05, 0) is 61.1 Å². The number of halogens is 1. The van der Waals surface area contributed by atoms with Crippen molar-refractivity contribution in [1.29, 1.82) is 0 Å². The molecule has 0 spiro atoms. The second-order valence-electron chi connectivity index (χ2n) is 8.06. The van der Waals surface area contributed by atoms with Crippen LogP contribution < -0.4 is 16.2 Å². The summed E-state index contributed by atoms with van der Waals surface area (Å²) in [4.78, 5) is 23.5. The molecular weight excluding hydrogens is 426 g/mol. The maximum absolute atomic E-state index is 12.2. The summed E-state index contributed by atoms with van der Waals surface area (Å²) in [6, 6.07) is 15.9. The smallest absolute Gasteiger partial charge is 0.307 e. The summed E-state index contributed by atoms with van der Waals surface area (Å²) in [7, 11) is 0. The van der Waals surface area contributed by atoms with Gasteiger partial charge >= 0.3 is 5.97 Å². The molecule has 174 valence electrons. The Bertz CT molecular complexity index is 850. The van der Waals surface area contributed by atoms with E-state index in [0.29, 0.717) is 24.6 Å². The van der Waals surface area contributed by atoms with Crippen LogP contribution in [0.4, 0.5) is 5.69 Å². The molecule has 1 fully saturated rings. The first-order chi connectivity index (χ1) is 15.1. The van der Waals surface area contributed by atoms with Gasteiger partial charge in [0.1, 0.15) is 0 Å². The number of esters is 1. The zero-order chi connectivity index (χ0) is 22.1. The van der Waals surface area contributed by atoms with Gasteiger partial charge in [-0.1, -0.05) is 43.5 Å². The molecule has 0 unspecified atom stereocenters. The molecule has 1 aliphatic rings. The van der Waals surface area contributed by atoms with Crippen LogP contribution in [0.2, 0.25) is 0 Å². The molecule has 0 saturated heterocycles. The van der Waals surface area contributed by atoms with E-state index in [1.807, 2.05) is 12.1 Å². The maximum atomic E-state index is 12.2. The van der Waals surface area contributed by atoms with Crippen LogP contribution in [0.15, 0.2) is 48.5 Å². The zero-order valence-electron chi connectivity index (χ0n) is 18.7. The minimum atomic E-state index is -0.312. The van der Waals surface area contributed by atoms with Crippen molar-refractivity contribution in [3.8, 4) is 0 Å². The molecular formula is C25H34ClN3O3. The first kappa shape index (κ1) is 25.7. The number of hydrogen-bond acceptors (Lipinski definition) is 5. The van der Waals surface area contributed by atoms with E-state index in [9.17, 15) is 9.59 Å². The van der Waals surface area contributed by atoms with Crippen molar-refractivity contribution < 1.29 is 14.3 Å². The number of nitrogens with one attached hydrogen (secondary N) is 1. The number of carbonyl (C=O) groups excluding carboxylic acids is 2. The summed E-state index contributed by atoms with van der Waals surface area (Å²) in [5, 5.41) is 4.45. The lowest BCUT2D eigenvalue weighted by Crippen LogP contribution is -2.30. The van der Waals surface area contributed by atoms with Crippen molar-refractivity contribution in [2.24, 2.45) is 5.84 Å². The SMILES string of the molecule is CCOC(=O)CCNC(=O)c1ccc(CN(N)c2ccc(C3CCCCC3)cc2)cc1.Cl. The van der Waals surface area contributed by atoms with Gasteiger partial charge in [0.15, 0.2) is 0 Å². The first-order valence-electron chi connectivity index (χ1n) is 11.2. The second-order valence-corrected chi connectivity index (χ2v) is 8.06. The Morgan fingerprint density at radius 3 is 2.31 bits per heavy atom. The molecule has 2 aromatic carbocycles. The largest absolute Gasteiger partial charge is 0.466 e. The zero-order valence-corrected chi connectivity index (χ0v) is 19.5. The van der Waals surface area contributed by atoms with Crippen molar-refractivity contribution in [3.63, 3.8) is 0 Å². The molecule has 3 N–H and O–H groups in total. The van der Waals surface area contributed by atoms with Gasteiger partial charge in [0, 0.05) is 12.1 Å². The third kappa shape index (κ3) is 7.53. The Balaban J connectivity index is 0.00000363. The normalized spacial score (nSPS) is 13.7. The standard InChI is InChI=1S/C25H33N3O3.ClH/c1-2-31-24(29)16-17-27-25(30)22-10-8-19(9-11-22)18-28(26)23-14-12-21(13-15-23)20-6-4-3-5-7-20;/h8-15,20H,2-7,16-18,26H2,1H3,(H,27,30);1H. The predicted octanol–water partition coefficient (Wildman–Crippen LogP) is 4.72. The monoisotopic (exact) mass is 459 g/mol. The van der Waals surface area contributed by atoms with E-state index in [0.717, 1.165) is 11.3 Å². The molecule has 0 aliphatic heterocycles. The van der Waals surface area contributed by atoms with Crippen LogP contribution in [0.25, 0.3) is 0 Å². The number of hydrazine groups is 1. The molecule has 32 heavy (non-hydrogen) atoms. The molecule has 0 heterocycles. The van der Waals surface area contributed by atoms with Gasteiger partial charge in [-0.2, -0.15) is 0 Å². The number of nitrogens with zero attached hydrogens (tertiary/aromatic N) is 1. The second kappa shape index (κ2) is 13.1. The van der Waals surface area contributed by atoms with Crippen LogP contribution in [0.1, 0.15) is 72.9 Å². The van der Waals surface area contributed by atoms with Crippen molar-refractivity contribution in [3.05, 3.63) is 65.2 Å². The van der Waals surface area contributed by atoms with Crippen LogP contribution in [0.5, 0.6) is 0 Å². The molecule has 7 heteroatoms. The first-order valence-corrected chi connectivity index (χ1v) is 11.2. The maximum Gasteiger partial charge on any atom is 0.307 e. The lowest BCUT2D eigenvalue weighted by atomic mass is 9.84. The highest BCUT2D eigenvalue weighted by Crippen LogP contribution is 2.33.